The first kappa shape index (κ1) is 55.0. The zero-order chi connectivity index (χ0) is 52.5. The molecular formula is C47H63N11O12S. The van der Waals surface area contributed by atoms with E-state index in [0.717, 1.165) is 23.9 Å². The molecule has 0 saturated carbocycles. The van der Waals surface area contributed by atoms with E-state index in [0.29, 0.717) is 17.5 Å². The van der Waals surface area contributed by atoms with E-state index in [-0.39, 0.29) is 82.6 Å². The number of aromatic hydroxyl groups is 1. The predicted molar refractivity (Wildman–Crippen MR) is 262 cm³/mol. The third-order valence-electron chi connectivity index (χ3n) is 11.2. The Balaban J connectivity index is 1.64. The van der Waals surface area contributed by atoms with Crippen LogP contribution in [0.3, 0.4) is 0 Å². The minimum Gasteiger partial charge on any atom is -0.504 e. The van der Waals surface area contributed by atoms with Crippen molar-refractivity contribution in [2.24, 2.45) is 22.0 Å². The molecule has 4 aromatic rings. The zero-order valence-corrected chi connectivity index (χ0v) is 41.1. The Morgan fingerprint density at radius 1 is 0.972 bits per heavy atom. The SMILES string of the molecule is Cc1nc(-c2ccc(CC(C)(C)C)cc2)nc(N)c1C(=O)N[C@@H](CNS(N)(=O)=O)C(=O)N(C)[C@@H]1C(=O)N[C@@H](C)C(=O)N[C@H](C(=O)O)Cc2ccc(OCCCN)c(c2)-c2cc1cc(OC[C@H](O)CN)c2O. The van der Waals surface area contributed by atoms with Gasteiger partial charge in [0.1, 0.15) is 54.0 Å². The highest BCUT2D eigenvalue weighted by Gasteiger charge is 2.38. The lowest BCUT2D eigenvalue weighted by Gasteiger charge is -2.33. The molecule has 23 nitrogen and oxygen atoms in total. The van der Waals surface area contributed by atoms with Gasteiger partial charge in [0.2, 0.25) is 17.7 Å². The molecule has 1 aliphatic rings. The normalized spacial score (nSPS) is 17.2. The molecule has 3 aromatic carbocycles. The summed E-state index contributed by atoms with van der Waals surface area (Å²) in [6, 6.07) is 8.02. The van der Waals surface area contributed by atoms with Crippen molar-refractivity contribution in [3.63, 3.8) is 0 Å². The van der Waals surface area contributed by atoms with E-state index >= 15 is 0 Å². The minimum atomic E-state index is -4.53. The molecule has 24 heteroatoms. The van der Waals surface area contributed by atoms with Gasteiger partial charge in [-0.15, -0.1) is 0 Å². The van der Waals surface area contributed by atoms with Gasteiger partial charge < -0.3 is 62.8 Å². The molecule has 0 spiro atoms. The number of nitrogens with one attached hydrogen (secondary N) is 4. The summed E-state index contributed by atoms with van der Waals surface area (Å²) in [5.41, 5.74) is 19.7. The van der Waals surface area contributed by atoms with Crippen LogP contribution in [0.15, 0.2) is 54.6 Å². The molecule has 71 heavy (non-hydrogen) atoms. The number of carbonyl (C=O) groups is 5. The number of rotatable bonds is 18. The van der Waals surface area contributed by atoms with E-state index in [9.17, 15) is 47.7 Å². The van der Waals surface area contributed by atoms with Crippen molar-refractivity contribution in [1.82, 2.24) is 35.5 Å². The number of phenols is 1. The summed E-state index contributed by atoms with van der Waals surface area (Å²) >= 11 is 0. The Hall–Kier alpha value is -6.96. The van der Waals surface area contributed by atoms with Crippen LogP contribution in [0.4, 0.5) is 5.82 Å². The largest absolute Gasteiger partial charge is 0.504 e. The molecule has 1 aromatic heterocycles. The number of hydrogen-bond donors (Lipinski definition) is 11. The fourth-order valence-electron chi connectivity index (χ4n) is 7.70. The Morgan fingerprint density at radius 2 is 1.66 bits per heavy atom. The van der Waals surface area contributed by atoms with Crippen molar-refractivity contribution >= 4 is 45.6 Å². The Labute approximate surface area is 411 Å². The highest BCUT2D eigenvalue weighted by atomic mass is 32.2. The number of hydrogen-bond acceptors (Lipinski definition) is 16. The van der Waals surface area contributed by atoms with Crippen molar-refractivity contribution in [2.45, 2.75) is 84.2 Å². The summed E-state index contributed by atoms with van der Waals surface area (Å²) < 4.78 is 38.5. The number of carboxylic acids is 1. The Bertz CT molecular complexity index is 2710. The average molecular weight is 1010 g/mol. The number of aliphatic carboxylic acids is 1. The van der Waals surface area contributed by atoms with E-state index in [2.05, 4.69) is 46.7 Å². The number of amides is 4. The summed E-state index contributed by atoms with van der Waals surface area (Å²) in [6.07, 6.45) is -0.258. The van der Waals surface area contributed by atoms with Crippen LogP contribution < -0.4 is 52.5 Å². The summed E-state index contributed by atoms with van der Waals surface area (Å²) in [5, 5.41) is 45.1. The number of aliphatic hydroxyl groups is 1. The summed E-state index contributed by atoms with van der Waals surface area (Å²) in [5.74, 6) is -6.23. The number of anilines is 1. The molecule has 384 valence electrons. The third-order valence-corrected chi connectivity index (χ3v) is 11.8. The van der Waals surface area contributed by atoms with Crippen molar-refractivity contribution in [3.05, 3.63) is 82.5 Å². The maximum atomic E-state index is 14.9. The van der Waals surface area contributed by atoms with Crippen LogP contribution in [0, 0.1) is 12.3 Å². The number of aliphatic hydroxyl groups excluding tert-OH is 1. The molecule has 0 unspecified atom stereocenters. The minimum absolute atomic E-state index is 0.0390. The van der Waals surface area contributed by atoms with Crippen LogP contribution in [0.1, 0.15) is 72.9 Å². The van der Waals surface area contributed by atoms with Gasteiger partial charge in [-0.3, -0.25) is 19.2 Å². The number of carbonyl (C=O) groups excluding carboxylic acids is 4. The molecule has 2 heterocycles. The molecule has 5 atom stereocenters. The van der Waals surface area contributed by atoms with Gasteiger partial charge in [0.05, 0.1) is 12.3 Å². The highest BCUT2D eigenvalue weighted by molar-refractivity contribution is 7.87. The quantitative estimate of drug-likeness (QED) is 0.0591. The summed E-state index contributed by atoms with van der Waals surface area (Å²) in [4.78, 5) is 79.5. The monoisotopic (exact) mass is 1010 g/mol. The second kappa shape index (κ2) is 23.3. The van der Waals surface area contributed by atoms with E-state index in [1.165, 1.54) is 38.1 Å². The molecule has 5 rings (SSSR count). The lowest BCUT2D eigenvalue weighted by molar-refractivity contribution is -0.143. The third kappa shape index (κ3) is 14.6. The average Bonchev–Trinajstić information content (AvgIpc) is 3.28. The van der Waals surface area contributed by atoms with Crippen LogP contribution in [-0.2, 0) is 42.2 Å². The Kier molecular flexibility index (Phi) is 18.0. The summed E-state index contributed by atoms with van der Waals surface area (Å²) in [6.45, 7) is 7.92. The van der Waals surface area contributed by atoms with E-state index < -0.39 is 89.0 Å². The number of likely N-dealkylation sites (N-methyl/N-ethyl adjacent to an activating group) is 1. The fraction of sp³-hybridized carbons (Fsp3) is 0.426. The van der Waals surface area contributed by atoms with Crippen molar-refractivity contribution in [1.29, 1.82) is 0 Å². The van der Waals surface area contributed by atoms with E-state index in [1.807, 2.05) is 29.0 Å². The molecule has 0 radical (unpaired) electrons. The number of carboxylic acid groups (broad SMARTS) is 1. The molecular weight excluding hydrogens is 943 g/mol. The van der Waals surface area contributed by atoms with Gasteiger partial charge in [-0.25, -0.2) is 19.9 Å². The number of benzene rings is 3. The first-order valence-corrected chi connectivity index (χ1v) is 24.1. The number of fused-ring (bicyclic) bond motifs is 5. The van der Waals surface area contributed by atoms with Crippen molar-refractivity contribution < 1.29 is 57.2 Å². The van der Waals surface area contributed by atoms with Gasteiger partial charge >= 0.3 is 5.97 Å². The molecule has 4 amide bonds. The number of nitrogens with zero attached hydrogens (tertiary/aromatic N) is 3. The number of nitrogen functional groups attached to an aromatic ring is 1. The van der Waals surface area contributed by atoms with Gasteiger partial charge in [0, 0.05) is 43.2 Å². The standard InChI is InChI=1S/C47H63N11O12S/c1-24-37(40(50)57-41(53-24)28-11-8-26(9-12-28)20-47(3,4)5)43(62)56-34(22-52-71(51,67)68)45(64)58(6)38-29-18-32(39(60)36(19-29)70-23-30(59)21-49)31-16-27(10-13-35(31)69-15-7-14-48)17-33(46(65)66)55-42(61)25(2)54-44(38)63/h8-13,16,18-19,25,30,33-34,38,52,59-60H,7,14-15,17,20-23,48-49H2,1-6H3,(H,54,63)(H,55,61)(H,56,62)(H,65,66)(H2,50,53,57)(H2,51,67,68)/t25-,30+,33-,34-,38-/m0/s1. The second-order valence-corrected chi connectivity index (χ2v) is 19.7. The van der Waals surface area contributed by atoms with Crippen LogP contribution >= 0.6 is 0 Å². The topological polar surface area (TPSA) is 380 Å². The number of nitrogens with two attached hydrogens (primary N) is 4. The fourth-order valence-corrected chi connectivity index (χ4v) is 8.09. The van der Waals surface area contributed by atoms with Crippen molar-refractivity contribution in [2.75, 3.05) is 45.6 Å². The van der Waals surface area contributed by atoms with E-state index in [4.69, 9.17) is 31.8 Å². The smallest absolute Gasteiger partial charge is 0.326 e. The molecule has 4 bridgehead atoms. The van der Waals surface area contributed by atoms with Crippen LogP contribution in [0.5, 0.6) is 17.2 Å². The number of aromatic nitrogens is 2. The van der Waals surface area contributed by atoms with Crippen LogP contribution in [-0.4, -0.2) is 132 Å². The highest BCUT2D eigenvalue weighted by Crippen LogP contribution is 2.45. The zero-order valence-electron chi connectivity index (χ0n) is 40.3. The Morgan fingerprint density at radius 3 is 2.27 bits per heavy atom. The maximum absolute atomic E-state index is 14.9. The number of phenolic OH excluding ortho intramolecular Hbond substituents is 1. The second-order valence-electron chi connectivity index (χ2n) is 18.4. The van der Waals surface area contributed by atoms with Gasteiger partial charge in [-0.2, -0.15) is 13.1 Å². The molecule has 0 aliphatic carbocycles. The lowest BCUT2D eigenvalue weighted by Crippen LogP contribution is -2.57. The van der Waals surface area contributed by atoms with Crippen LogP contribution in [0.2, 0.25) is 0 Å². The molecule has 1 aliphatic heterocycles. The van der Waals surface area contributed by atoms with Gasteiger partial charge in [-0.1, -0.05) is 51.1 Å². The molecule has 15 N–H and O–H groups in total. The van der Waals surface area contributed by atoms with Gasteiger partial charge in [0.15, 0.2) is 17.3 Å². The van der Waals surface area contributed by atoms with E-state index in [1.54, 1.807) is 6.07 Å². The van der Waals surface area contributed by atoms with Crippen LogP contribution in [0.25, 0.3) is 22.5 Å². The lowest BCUT2D eigenvalue weighted by atomic mass is 9.88. The molecule has 0 saturated heterocycles. The molecule has 0 fully saturated rings. The predicted octanol–water partition coefficient (Wildman–Crippen LogP) is 0.143. The van der Waals surface area contributed by atoms with Crippen molar-refractivity contribution in [3.8, 4) is 39.8 Å². The summed E-state index contributed by atoms with van der Waals surface area (Å²) in [7, 11) is -3.38. The first-order chi connectivity index (χ1) is 33.3. The maximum Gasteiger partial charge on any atom is 0.326 e. The van der Waals surface area contributed by atoms with Gasteiger partial charge in [-0.05, 0) is 79.6 Å². The van der Waals surface area contributed by atoms with Gasteiger partial charge in [0.25, 0.3) is 16.1 Å². The number of aryl methyl sites for hydroxylation is 1. The number of ether oxygens (including phenoxy) is 2. The first-order valence-electron chi connectivity index (χ1n) is 22.6.